The lowest BCUT2D eigenvalue weighted by molar-refractivity contribution is -0.143. The van der Waals surface area contributed by atoms with Crippen molar-refractivity contribution in [2.45, 2.75) is 25.9 Å². The summed E-state index contributed by atoms with van der Waals surface area (Å²) in [5.74, 6) is -0.115. The van der Waals surface area contributed by atoms with Gasteiger partial charge in [0, 0.05) is 26.2 Å². The molecule has 29 heavy (non-hydrogen) atoms. The van der Waals surface area contributed by atoms with Crippen LogP contribution in [0.4, 0.5) is 0 Å². The van der Waals surface area contributed by atoms with Gasteiger partial charge in [-0.3, -0.25) is 19.6 Å². The Bertz CT molecular complexity index is 1020. The van der Waals surface area contributed by atoms with E-state index in [-0.39, 0.29) is 17.7 Å². The Morgan fingerprint density at radius 3 is 2.69 bits per heavy atom. The van der Waals surface area contributed by atoms with Crippen LogP contribution in [-0.4, -0.2) is 50.2 Å². The molecule has 0 unspecified atom stereocenters. The Balaban J connectivity index is 1.41. The van der Waals surface area contributed by atoms with Crippen molar-refractivity contribution >= 4 is 22.8 Å². The van der Waals surface area contributed by atoms with Gasteiger partial charge in [-0.15, -0.1) is 0 Å². The van der Waals surface area contributed by atoms with Gasteiger partial charge in [-0.25, -0.2) is 4.98 Å². The van der Waals surface area contributed by atoms with E-state index in [0.29, 0.717) is 32.5 Å². The average molecular weight is 389 g/mol. The van der Waals surface area contributed by atoms with Crippen LogP contribution in [0.2, 0.25) is 0 Å². The normalized spacial score (nSPS) is 16.8. The van der Waals surface area contributed by atoms with Crippen molar-refractivity contribution in [3.05, 3.63) is 66.2 Å². The zero-order valence-electron chi connectivity index (χ0n) is 16.4. The summed E-state index contributed by atoms with van der Waals surface area (Å²) in [5.41, 5.74) is 3.22. The molecule has 2 aromatic heterocycles. The second kappa shape index (κ2) is 8.34. The van der Waals surface area contributed by atoms with Crippen LogP contribution in [0.15, 0.2) is 54.9 Å². The summed E-state index contributed by atoms with van der Waals surface area (Å²) in [6.07, 6.45) is 4.38. The van der Waals surface area contributed by atoms with Gasteiger partial charge >= 0.3 is 0 Å². The van der Waals surface area contributed by atoms with E-state index in [1.165, 1.54) is 0 Å². The number of benzene rings is 1. The zero-order valence-corrected chi connectivity index (χ0v) is 16.4. The van der Waals surface area contributed by atoms with Gasteiger partial charge in [0.1, 0.15) is 0 Å². The van der Waals surface area contributed by atoms with Crippen molar-refractivity contribution < 1.29 is 9.59 Å². The standard InChI is InChI=1S/C22H23N5O2/c1-26(14-18-12-24-19-7-2-3-8-20(19)25-18)22(29)16-9-10-21(28)27(13-16)15-17-6-4-5-11-23-17/h2-8,11-12,16H,9-10,13-15H2,1H3/t16-/m1/s1. The van der Waals surface area contributed by atoms with Gasteiger partial charge in [-0.1, -0.05) is 18.2 Å². The lowest BCUT2D eigenvalue weighted by atomic mass is 9.96. The monoisotopic (exact) mass is 389 g/mol. The highest BCUT2D eigenvalue weighted by atomic mass is 16.2. The SMILES string of the molecule is CN(Cc1cnc2ccccc2n1)C(=O)[C@@H]1CCC(=O)N(Cc2ccccn2)C1. The summed E-state index contributed by atoms with van der Waals surface area (Å²) < 4.78 is 0. The van der Waals surface area contributed by atoms with Crippen molar-refractivity contribution in [1.82, 2.24) is 24.8 Å². The Hall–Kier alpha value is -3.35. The van der Waals surface area contributed by atoms with E-state index in [4.69, 9.17) is 0 Å². The minimum absolute atomic E-state index is 0.0264. The summed E-state index contributed by atoms with van der Waals surface area (Å²) >= 11 is 0. The predicted octanol–water partition coefficient (Wildman–Crippen LogP) is 2.42. The molecule has 1 aromatic carbocycles. The number of aromatic nitrogens is 3. The van der Waals surface area contributed by atoms with Crippen LogP contribution in [-0.2, 0) is 22.7 Å². The third-order valence-corrected chi connectivity index (χ3v) is 5.20. The number of pyridine rings is 1. The van der Waals surface area contributed by atoms with Gasteiger partial charge in [0.15, 0.2) is 0 Å². The maximum absolute atomic E-state index is 13.0. The second-order valence-electron chi connectivity index (χ2n) is 7.38. The Morgan fingerprint density at radius 1 is 1.10 bits per heavy atom. The molecule has 1 saturated heterocycles. The van der Waals surface area contributed by atoms with Gasteiger partial charge in [0.2, 0.25) is 11.8 Å². The maximum atomic E-state index is 13.0. The Morgan fingerprint density at radius 2 is 1.90 bits per heavy atom. The predicted molar refractivity (Wildman–Crippen MR) is 108 cm³/mol. The quantitative estimate of drug-likeness (QED) is 0.670. The van der Waals surface area contributed by atoms with E-state index >= 15 is 0 Å². The number of rotatable bonds is 5. The largest absolute Gasteiger partial charge is 0.339 e. The van der Waals surface area contributed by atoms with Crippen LogP contribution in [0.5, 0.6) is 0 Å². The summed E-state index contributed by atoms with van der Waals surface area (Å²) in [4.78, 5) is 42.0. The third kappa shape index (κ3) is 4.39. The molecule has 1 aliphatic heterocycles. The van der Waals surface area contributed by atoms with Crippen LogP contribution in [0.3, 0.4) is 0 Å². The molecule has 1 fully saturated rings. The molecule has 0 aliphatic carbocycles. The molecule has 7 heteroatoms. The topological polar surface area (TPSA) is 79.3 Å². The van der Waals surface area contributed by atoms with Gasteiger partial charge in [0.25, 0.3) is 0 Å². The average Bonchev–Trinajstić information content (AvgIpc) is 2.75. The molecule has 0 spiro atoms. The van der Waals surface area contributed by atoms with Crippen molar-refractivity contribution in [2.75, 3.05) is 13.6 Å². The molecule has 0 radical (unpaired) electrons. The van der Waals surface area contributed by atoms with E-state index in [2.05, 4.69) is 15.0 Å². The van der Waals surface area contributed by atoms with Gasteiger partial charge in [-0.2, -0.15) is 0 Å². The first-order chi connectivity index (χ1) is 14.1. The molecule has 0 N–H and O–H groups in total. The number of amides is 2. The molecule has 4 rings (SSSR count). The van der Waals surface area contributed by atoms with E-state index in [9.17, 15) is 9.59 Å². The number of piperidine rings is 1. The first-order valence-corrected chi connectivity index (χ1v) is 9.73. The number of hydrogen-bond donors (Lipinski definition) is 0. The fourth-order valence-corrected chi connectivity index (χ4v) is 3.66. The number of nitrogens with zero attached hydrogens (tertiary/aromatic N) is 5. The highest BCUT2D eigenvalue weighted by molar-refractivity contribution is 5.83. The number of carbonyl (C=O) groups is 2. The first-order valence-electron chi connectivity index (χ1n) is 9.73. The lowest BCUT2D eigenvalue weighted by Gasteiger charge is -2.33. The Labute approximate surface area is 169 Å². The molecule has 3 heterocycles. The fraction of sp³-hybridized carbons (Fsp3) is 0.318. The van der Waals surface area contributed by atoms with Crippen molar-refractivity contribution in [2.24, 2.45) is 5.92 Å². The summed E-state index contributed by atoms with van der Waals surface area (Å²) in [5, 5.41) is 0. The number of hydrogen-bond acceptors (Lipinski definition) is 5. The molecule has 2 amide bonds. The van der Waals surface area contributed by atoms with Crippen molar-refractivity contribution in [1.29, 1.82) is 0 Å². The second-order valence-corrected chi connectivity index (χ2v) is 7.38. The highest BCUT2D eigenvalue weighted by Crippen LogP contribution is 2.22. The molecule has 1 atom stereocenters. The zero-order chi connectivity index (χ0) is 20.2. The number of para-hydroxylation sites is 2. The summed E-state index contributed by atoms with van der Waals surface area (Å²) in [6, 6.07) is 13.3. The van der Waals surface area contributed by atoms with Gasteiger partial charge in [0.05, 0.1) is 47.6 Å². The van der Waals surface area contributed by atoms with Crippen molar-refractivity contribution in [3.63, 3.8) is 0 Å². The molecule has 3 aromatic rings. The van der Waals surface area contributed by atoms with Gasteiger partial charge < -0.3 is 9.80 Å². The number of fused-ring (bicyclic) bond motifs is 1. The smallest absolute Gasteiger partial charge is 0.227 e. The first kappa shape index (κ1) is 19.0. The Kier molecular flexibility index (Phi) is 5.46. The number of likely N-dealkylation sites (tertiary alicyclic amines) is 1. The molecule has 0 bridgehead atoms. The van der Waals surface area contributed by atoms with E-state index in [1.54, 1.807) is 29.2 Å². The van der Waals surface area contributed by atoms with Gasteiger partial charge in [-0.05, 0) is 30.7 Å². The molecule has 7 nitrogen and oxygen atoms in total. The van der Waals surface area contributed by atoms with Crippen LogP contribution in [0, 0.1) is 5.92 Å². The van der Waals surface area contributed by atoms with Crippen LogP contribution in [0.25, 0.3) is 11.0 Å². The van der Waals surface area contributed by atoms with Crippen LogP contribution >= 0.6 is 0 Å². The highest BCUT2D eigenvalue weighted by Gasteiger charge is 2.32. The van der Waals surface area contributed by atoms with Crippen LogP contribution < -0.4 is 0 Å². The fourth-order valence-electron chi connectivity index (χ4n) is 3.66. The van der Waals surface area contributed by atoms with Crippen molar-refractivity contribution in [3.8, 4) is 0 Å². The maximum Gasteiger partial charge on any atom is 0.227 e. The molecule has 148 valence electrons. The minimum atomic E-state index is -0.213. The summed E-state index contributed by atoms with van der Waals surface area (Å²) in [7, 11) is 1.78. The lowest BCUT2D eigenvalue weighted by Crippen LogP contribution is -2.45. The van der Waals surface area contributed by atoms with E-state index in [0.717, 1.165) is 22.4 Å². The van der Waals surface area contributed by atoms with E-state index < -0.39 is 0 Å². The molecular weight excluding hydrogens is 366 g/mol. The third-order valence-electron chi connectivity index (χ3n) is 5.20. The van der Waals surface area contributed by atoms with E-state index in [1.807, 2.05) is 42.5 Å². The molecular formula is C22H23N5O2. The minimum Gasteiger partial charge on any atom is -0.339 e. The summed E-state index contributed by atoms with van der Waals surface area (Å²) in [6.45, 7) is 1.24. The molecule has 1 aliphatic rings. The molecule has 0 saturated carbocycles. The number of carbonyl (C=O) groups excluding carboxylic acids is 2. The van der Waals surface area contributed by atoms with Crippen LogP contribution in [0.1, 0.15) is 24.2 Å².